The van der Waals surface area contributed by atoms with Crippen LogP contribution in [0.5, 0.6) is 17.2 Å². The number of phenols is 2. The maximum Gasteiger partial charge on any atom is 0.258 e. The molecule has 2 amide bonds. The normalized spacial score (nSPS) is 18.1. The molecule has 0 spiro atoms. The van der Waals surface area contributed by atoms with Gasteiger partial charge in [-0.05, 0) is 72.8 Å². The van der Waals surface area contributed by atoms with Gasteiger partial charge in [-0.15, -0.1) is 11.3 Å². The number of anilines is 2. The molecule has 0 atom stereocenters. The maximum atomic E-state index is 13.7. The Hall–Kier alpha value is -5.58. The number of fused-ring (bicyclic) bond motifs is 2. The molecule has 5 aromatic rings. The number of nitrogens with two attached hydrogens (primary N) is 1. The summed E-state index contributed by atoms with van der Waals surface area (Å²) < 4.78 is 13.1. The summed E-state index contributed by atoms with van der Waals surface area (Å²) in [6.07, 6.45) is 6.52. The summed E-state index contributed by atoms with van der Waals surface area (Å²) in [6.45, 7) is 11.4. The third kappa shape index (κ3) is 8.27. The van der Waals surface area contributed by atoms with Crippen LogP contribution in [-0.2, 0) is 29.2 Å². The number of phenolic OH excluding ortho intramolecular Hbond substituents is 2. The standard InChI is InChI=1S/C44H51N9O6S/c1-26(2)34-19-35(38(55)20-37(34)54)43(57)53-23-28-3-4-32(17-29(28)24-53)59-31-7-11-52(12-8-31)42(56)27-5-9-50(10-6-27)25-33-18-36-39(60-33)41(51-13-15-58-16-14-51)49-40(48-36)30-21-46-44(45)47-22-30/h3-4,17-22,26-27,31,54-55H,5-16,23-25H2,1-2H3,(H2,45,46,47). The number of nitrogens with zero attached hydrogens (tertiary/aromatic N) is 8. The minimum atomic E-state index is -0.276. The van der Waals surface area contributed by atoms with Crippen LogP contribution < -0.4 is 15.4 Å². The second-order valence-corrected chi connectivity index (χ2v) is 17.7. The van der Waals surface area contributed by atoms with Gasteiger partial charge in [-0.25, -0.2) is 19.9 Å². The van der Waals surface area contributed by atoms with Gasteiger partial charge in [0.15, 0.2) is 11.6 Å². The van der Waals surface area contributed by atoms with Gasteiger partial charge in [-0.1, -0.05) is 19.9 Å². The molecular weight excluding hydrogens is 783 g/mol. The number of rotatable bonds is 9. The molecule has 3 saturated heterocycles. The Balaban J connectivity index is 0.766. The summed E-state index contributed by atoms with van der Waals surface area (Å²) in [7, 11) is 0. The lowest BCUT2D eigenvalue weighted by Gasteiger charge is -2.37. The van der Waals surface area contributed by atoms with Crippen LogP contribution in [0.3, 0.4) is 0 Å². The number of nitrogen functional groups attached to an aromatic ring is 1. The van der Waals surface area contributed by atoms with Crippen molar-refractivity contribution in [3.8, 4) is 28.6 Å². The molecule has 0 bridgehead atoms. The Morgan fingerprint density at radius 2 is 1.62 bits per heavy atom. The predicted octanol–water partition coefficient (Wildman–Crippen LogP) is 5.54. The highest BCUT2D eigenvalue weighted by molar-refractivity contribution is 7.19. The lowest BCUT2D eigenvalue weighted by Crippen LogP contribution is -2.46. The molecule has 0 aliphatic carbocycles. The molecule has 4 aliphatic rings. The number of likely N-dealkylation sites (tertiary alicyclic amines) is 2. The van der Waals surface area contributed by atoms with E-state index in [0.29, 0.717) is 50.8 Å². The lowest BCUT2D eigenvalue weighted by atomic mass is 9.94. The van der Waals surface area contributed by atoms with Gasteiger partial charge in [0.2, 0.25) is 11.9 Å². The Bertz CT molecular complexity index is 2390. The number of ether oxygens (including phenoxy) is 2. The van der Waals surface area contributed by atoms with Crippen LogP contribution in [0.4, 0.5) is 11.8 Å². The number of carbonyl (C=O) groups excluding carboxylic acids is 2. The van der Waals surface area contributed by atoms with E-state index < -0.39 is 0 Å². The van der Waals surface area contributed by atoms with Gasteiger partial charge in [-0.3, -0.25) is 14.5 Å². The topological polar surface area (TPSA) is 184 Å². The number of thiophene rings is 1. The monoisotopic (exact) mass is 833 g/mol. The van der Waals surface area contributed by atoms with Gasteiger partial charge < -0.3 is 40.1 Å². The van der Waals surface area contributed by atoms with Crippen molar-refractivity contribution in [1.82, 2.24) is 34.6 Å². The average molecular weight is 834 g/mol. The summed E-state index contributed by atoms with van der Waals surface area (Å²) >= 11 is 1.74. The van der Waals surface area contributed by atoms with E-state index in [1.807, 2.05) is 36.9 Å². The molecule has 15 nitrogen and oxygen atoms in total. The quantitative estimate of drug-likeness (QED) is 0.169. The Morgan fingerprint density at radius 3 is 2.35 bits per heavy atom. The number of carbonyl (C=O) groups is 2. The number of aromatic nitrogens is 4. The van der Waals surface area contributed by atoms with E-state index in [0.717, 1.165) is 96.9 Å². The maximum absolute atomic E-state index is 13.7. The molecule has 7 heterocycles. The summed E-state index contributed by atoms with van der Waals surface area (Å²) in [4.78, 5) is 55.1. The SMILES string of the molecule is CC(C)c1cc(C(=O)N2Cc3ccc(OC4CCN(C(=O)C5CCN(Cc6cc7nc(-c8cnc(N)nc8)nc(N8CCOCC8)c7s6)CC5)CC4)cc3C2)c(O)cc1O. The van der Waals surface area contributed by atoms with E-state index in [9.17, 15) is 19.8 Å². The Morgan fingerprint density at radius 1 is 0.883 bits per heavy atom. The first-order valence-corrected chi connectivity index (χ1v) is 21.7. The van der Waals surface area contributed by atoms with Crippen molar-refractivity contribution in [2.24, 2.45) is 5.92 Å². The Kier molecular flexibility index (Phi) is 11.2. The minimum absolute atomic E-state index is 0.00199. The number of amides is 2. The Labute approximate surface area is 352 Å². The summed E-state index contributed by atoms with van der Waals surface area (Å²) in [6, 6.07) is 11.0. The number of piperidine rings is 2. The molecule has 4 aliphatic heterocycles. The van der Waals surface area contributed by atoms with Crippen LogP contribution in [0, 0.1) is 5.92 Å². The zero-order valence-corrected chi connectivity index (χ0v) is 34.9. The zero-order valence-electron chi connectivity index (χ0n) is 34.0. The van der Waals surface area contributed by atoms with Crippen LogP contribution >= 0.6 is 11.3 Å². The minimum Gasteiger partial charge on any atom is -0.508 e. The molecule has 0 saturated carbocycles. The van der Waals surface area contributed by atoms with Gasteiger partial charge in [0.25, 0.3) is 5.91 Å². The largest absolute Gasteiger partial charge is 0.508 e. The van der Waals surface area contributed by atoms with Gasteiger partial charge >= 0.3 is 0 Å². The highest BCUT2D eigenvalue weighted by Crippen LogP contribution is 2.37. The van der Waals surface area contributed by atoms with E-state index in [-0.39, 0.29) is 52.8 Å². The first-order chi connectivity index (χ1) is 29.1. The number of benzene rings is 2. The fraction of sp³-hybridized carbons (Fsp3) is 0.455. The van der Waals surface area contributed by atoms with Gasteiger partial charge in [0, 0.05) is 87.9 Å². The number of hydrogen-bond donors (Lipinski definition) is 3. The van der Waals surface area contributed by atoms with Crippen molar-refractivity contribution in [1.29, 1.82) is 0 Å². The third-order valence-corrected chi connectivity index (χ3v) is 13.3. The van der Waals surface area contributed by atoms with E-state index in [1.54, 1.807) is 34.7 Å². The molecule has 2 aromatic carbocycles. The van der Waals surface area contributed by atoms with Crippen LogP contribution in [0.2, 0.25) is 0 Å². The predicted molar refractivity (Wildman–Crippen MR) is 228 cm³/mol. The van der Waals surface area contributed by atoms with Crippen molar-refractivity contribution in [3.63, 3.8) is 0 Å². The molecule has 4 N–H and O–H groups in total. The van der Waals surface area contributed by atoms with Crippen LogP contribution in [0.1, 0.15) is 77.4 Å². The van der Waals surface area contributed by atoms with Crippen molar-refractivity contribution < 1.29 is 29.3 Å². The summed E-state index contributed by atoms with van der Waals surface area (Å²) in [5.41, 5.74) is 10.2. The molecular formula is C44H51N9O6S. The molecule has 3 aromatic heterocycles. The number of morpholine rings is 1. The van der Waals surface area contributed by atoms with Gasteiger partial charge in [-0.2, -0.15) is 0 Å². The van der Waals surface area contributed by atoms with E-state index in [1.165, 1.54) is 10.9 Å². The first-order valence-electron chi connectivity index (χ1n) is 20.9. The summed E-state index contributed by atoms with van der Waals surface area (Å²) in [5, 5.41) is 20.7. The number of aromatic hydroxyl groups is 2. The van der Waals surface area contributed by atoms with Crippen LogP contribution in [-0.4, -0.2) is 115 Å². The van der Waals surface area contributed by atoms with Gasteiger partial charge in [0.05, 0.1) is 34.6 Å². The van der Waals surface area contributed by atoms with Crippen LogP contribution in [0.15, 0.2) is 48.8 Å². The molecule has 314 valence electrons. The van der Waals surface area contributed by atoms with Crippen molar-refractivity contribution in [2.45, 2.75) is 71.2 Å². The van der Waals surface area contributed by atoms with Crippen molar-refractivity contribution in [2.75, 3.05) is 63.1 Å². The molecule has 0 unspecified atom stereocenters. The molecule has 16 heteroatoms. The number of hydrogen-bond acceptors (Lipinski definition) is 14. The van der Waals surface area contributed by atoms with Gasteiger partial charge in [0.1, 0.15) is 23.4 Å². The van der Waals surface area contributed by atoms with E-state index >= 15 is 0 Å². The lowest BCUT2D eigenvalue weighted by molar-refractivity contribution is -0.139. The smallest absolute Gasteiger partial charge is 0.258 e. The van der Waals surface area contributed by atoms with Crippen LogP contribution in [0.25, 0.3) is 21.6 Å². The first kappa shape index (κ1) is 39.9. The van der Waals surface area contributed by atoms with E-state index in [2.05, 4.69) is 25.8 Å². The molecule has 3 fully saturated rings. The highest BCUT2D eigenvalue weighted by atomic mass is 32.1. The fourth-order valence-corrected chi connectivity index (χ4v) is 9.96. The average Bonchev–Trinajstić information content (AvgIpc) is 3.88. The fourth-order valence-electron chi connectivity index (χ4n) is 8.80. The second-order valence-electron chi connectivity index (χ2n) is 16.6. The van der Waals surface area contributed by atoms with Crippen molar-refractivity contribution in [3.05, 3.63) is 75.9 Å². The summed E-state index contributed by atoms with van der Waals surface area (Å²) in [5.74, 6) is 2.21. The molecule has 9 rings (SSSR count). The van der Waals surface area contributed by atoms with Crippen molar-refractivity contribution >= 4 is 45.1 Å². The van der Waals surface area contributed by atoms with E-state index in [4.69, 9.17) is 25.2 Å². The third-order valence-electron chi connectivity index (χ3n) is 12.2. The zero-order chi connectivity index (χ0) is 41.5. The highest BCUT2D eigenvalue weighted by Gasteiger charge is 2.33. The molecule has 60 heavy (non-hydrogen) atoms. The second kappa shape index (κ2) is 16.8. The molecule has 0 radical (unpaired) electrons.